The molecule has 18 heavy (non-hydrogen) atoms. The zero-order valence-electron chi connectivity index (χ0n) is 11.0. The van der Waals surface area contributed by atoms with Crippen molar-refractivity contribution in [2.75, 3.05) is 31.4 Å². The van der Waals surface area contributed by atoms with Crippen LogP contribution in [0.5, 0.6) is 0 Å². The predicted molar refractivity (Wildman–Crippen MR) is 71.8 cm³/mol. The summed E-state index contributed by atoms with van der Waals surface area (Å²) in [5.41, 5.74) is 7.42. The highest BCUT2D eigenvalue weighted by Gasteiger charge is 2.15. The molecule has 0 saturated heterocycles. The highest BCUT2D eigenvalue weighted by atomic mass is 16.5. The molecule has 0 amide bonds. The second-order valence-electron chi connectivity index (χ2n) is 3.97. The summed E-state index contributed by atoms with van der Waals surface area (Å²) in [4.78, 5) is 11.6. The van der Waals surface area contributed by atoms with Gasteiger partial charge < -0.3 is 20.5 Å². The van der Waals surface area contributed by atoms with E-state index in [1.165, 1.54) is 7.11 Å². The fourth-order valence-electron chi connectivity index (χ4n) is 1.59. The molecule has 0 aromatic heterocycles. The van der Waals surface area contributed by atoms with Gasteiger partial charge in [-0.15, -0.1) is 0 Å². The van der Waals surface area contributed by atoms with E-state index in [1.54, 1.807) is 18.2 Å². The van der Waals surface area contributed by atoms with Crippen LogP contribution in [0.2, 0.25) is 0 Å². The van der Waals surface area contributed by atoms with Crippen LogP contribution in [0.15, 0.2) is 18.2 Å². The second-order valence-corrected chi connectivity index (χ2v) is 3.97. The molecule has 0 heterocycles. The van der Waals surface area contributed by atoms with E-state index in [-0.39, 0.29) is 6.04 Å². The average molecular weight is 252 g/mol. The Morgan fingerprint density at radius 2 is 2.22 bits per heavy atom. The number of para-hydroxylation sites is 1. The van der Waals surface area contributed by atoms with Crippen molar-refractivity contribution in [3.05, 3.63) is 23.8 Å². The molecule has 1 unspecified atom stereocenters. The number of carbonyl (C=O) groups is 1. The maximum Gasteiger partial charge on any atom is 0.340 e. The van der Waals surface area contributed by atoms with Crippen molar-refractivity contribution in [1.29, 1.82) is 0 Å². The first-order valence-corrected chi connectivity index (χ1v) is 5.91. The third-order valence-electron chi connectivity index (χ3n) is 2.46. The Morgan fingerprint density at radius 1 is 1.50 bits per heavy atom. The molecule has 5 heteroatoms. The minimum atomic E-state index is -0.409. The number of nitrogens with two attached hydrogens (primary N) is 1. The number of hydrogen-bond donors (Lipinski definition) is 2. The van der Waals surface area contributed by atoms with Crippen molar-refractivity contribution in [3.63, 3.8) is 0 Å². The lowest BCUT2D eigenvalue weighted by Crippen LogP contribution is -2.24. The lowest BCUT2D eigenvalue weighted by Gasteiger charge is -2.18. The first kappa shape index (κ1) is 14.3. The molecule has 100 valence electrons. The van der Waals surface area contributed by atoms with E-state index < -0.39 is 5.97 Å². The number of methoxy groups -OCH3 is 1. The number of carbonyl (C=O) groups excluding carboxylic acids is 1. The number of nitrogen functional groups attached to an aromatic ring is 1. The van der Waals surface area contributed by atoms with E-state index in [0.717, 1.165) is 0 Å². The molecular weight excluding hydrogens is 232 g/mol. The van der Waals surface area contributed by atoms with Gasteiger partial charge in [-0.1, -0.05) is 6.07 Å². The number of anilines is 2. The van der Waals surface area contributed by atoms with Gasteiger partial charge in [0, 0.05) is 12.6 Å². The summed E-state index contributed by atoms with van der Waals surface area (Å²) in [5, 5.41) is 3.18. The fourth-order valence-corrected chi connectivity index (χ4v) is 1.59. The van der Waals surface area contributed by atoms with Crippen molar-refractivity contribution < 1.29 is 14.3 Å². The summed E-state index contributed by atoms with van der Waals surface area (Å²) in [7, 11) is 1.35. The van der Waals surface area contributed by atoms with Crippen molar-refractivity contribution in [2.24, 2.45) is 0 Å². The van der Waals surface area contributed by atoms with E-state index in [9.17, 15) is 4.79 Å². The van der Waals surface area contributed by atoms with Gasteiger partial charge in [0.2, 0.25) is 0 Å². The molecule has 0 saturated carbocycles. The number of ether oxygens (including phenoxy) is 2. The number of nitrogens with one attached hydrogen (secondary N) is 1. The maximum absolute atomic E-state index is 11.6. The van der Waals surface area contributed by atoms with Gasteiger partial charge in [-0.05, 0) is 26.0 Å². The number of hydrogen-bond acceptors (Lipinski definition) is 5. The highest BCUT2D eigenvalue weighted by Crippen LogP contribution is 2.24. The standard InChI is InChI=1S/C13H20N2O3/c1-4-18-8-9(2)15-12-10(13(16)17-3)6-5-7-11(12)14/h5-7,9,15H,4,8,14H2,1-3H3. The summed E-state index contributed by atoms with van der Waals surface area (Å²) in [6, 6.07) is 5.19. The molecule has 5 nitrogen and oxygen atoms in total. The summed E-state index contributed by atoms with van der Waals surface area (Å²) in [6.45, 7) is 5.10. The molecular formula is C13H20N2O3. The van der Waals surface area contributed by atoms with Gasteiger partial charge in [0.1, 0.15) is 0 Å². The first-order chi connectivity index (χ1) is 8.60. The third-order valence-corrected chi connectivity index (χ3v) is 2.46. The molecule has 1 aromatic rings. The van der Waals surface area contributed by atoms with Gasteiger partial charge >= 0.3 is 5.97 Å². The predicted octanol–water partition coefficient (Wildman–Crippen LogP) is 1.89. The Bertz CT molecular complexity index is 407. The molecule has 3 N–H and O–H groups in total. The molecule has 0 fully saturated rings. The zero-order valence-corrected chi connectivity index (χ0v) is 11.0. The Balaban J connectivity index is 2.89. The Kier molecular flexibility index (Phi) is 5.45. The lowest BCUT2D eigenvalue weighted by atomic mass is 10.1. The van der Waals surface area contributed by atoms with Gasteiger partial charge in [-0.3, -0.25) is 0 Å². The Morgan fingerprint density at radius 3 is 2.83 bits per heavy atom. The summed E-state index contributed by atoms with van der Waals surface area (Å²) >= 11 is 0. The molecule has 0 spiro atoms. The van der Waals surface area contributed by atoms with Crippen LogP contribution in [0.1, 0.15) is 24.2 Å². The molecule has 0 aliphatic rings. The lowest BCUT2D eigenvalue weighted by molar-refractivity contribution is 0.0601. The monoisotopic (exact) mass is 252 g/mol. The van der Waals surface area contributed by atoms with E-state index in [0.29, 0.717) is 30.2 Å². The molecule has 0 radical (unpaired) electrons. The summed E-state index contributed by atoms with van der Waals surface area (Å²) in [6.07, 6.45) is 0. The first-order valence-electron chi connectivity index (χ1n) is 5.91. The number of rotatable bonds is 6. The quantitative estimate of drug-likeness (QED) is 0.597. The van der Waals surface area contributed by atoms with Crippen LogP contribution < -0.4 is 11.1 Å². The largest absolute Gasteiger partial charge is 0.465 e. The Hall–Kier alpha value is -1.75. The third kappa shape index (κ3) is 3.63. The van der Waals surface area contributed by atoms with E-state index in [1.807, 2.05) is 13.8 Å². The van der Waals surface area contributed by atoms with Crippen LogP contribution in [-0.4, -0.2) is 32.3 Å². The van der Waals surface area contributed by atoms with Gasteiger partial charge in [-0.25, -0.2) is 4.79 Å². The van der Waals surface area contributed by atoms with Crippen LogP contribution >= 0.6 is 0 Å². The second kappa shape index (κ2) is 6.86. The van der Waals surface area contributed by atoms with Gasteiger partial charge in [0.15, 0.2) is 0 Å². The van der Waals surface area contributed by atoms with Gasteiger partial charge in [-0.2, -0.15) is 0 Å². The molecule has 1 atom stereocenters. The highest BCUT2D eigenvalue weighted by molar-refractivity contribution is 5.98. The molecule has 0 aliphatic heterocycles. The minimum Gasteiger partial charge on any atom is -0.465 e. The van der Waals surface area contributed by atoms with Gasteiger partial charge in [0.25, 0.3) is 0 Å². The molecule has 0 bridgehead atoms. The zero-order chi connectivity index (χ0) is 13.5. The minimum absolute atomic E-state index is 0.0538. The van der Waals surface area contributed by atoms with E-state index in [4.69, 9.17) is 15.2 Å². The SMILES string of the molecule is CCOCC(C)Nc1c(N)cccc1C(=O)OC. The number of benzene rings is 1. The Labute approximate surface area is 107 Å². The van der Waals surface area contributed by atoms with Crippen molar-refractivity contribution in [2.45, 2.75) is 19.9 Å². The number of esters is 1. The van der Waals surface area contributed by atoms with Gasteiger partial charge in [0.05, 0.1) is 30.7 Å². The van der Waals surface area contributed by atoms with Crippen LogP contribution in [0.4, 0.5) is 11.4 Å². The van der Waals surface area contributed by atoms with E-state index in [2.05, 4.69) is 5.32 Å². The summed E-state index contributed by atoms with van der Waals surface area (Å²) < 4.78 is 10.0. The molecule has 0 aliphatic carbocycles. The van der Waals surface area contributed by atoms with Crippen LogP contribution in [0.25, 0.3) is 0 Å². The van der Waals surface area contributed by atoms with Crippen LogP contribution in [0.3, 0.4) is 0 Å². The van der Waals surface area contributed by atoms with Crippen molar-refractivity contribution >= 4 is 17.3 Å². The topological polar surface area (TPSA) is 73.6 Å². The fraction of sp³-hybridized carbons (Fsp3) is 0.462. The van der Waals surface area contributed by atoms with Crippen molar-refractivity contribution in [1.82, 2.24) is 0 Å². The van der Waals surface area contributed by atoms with Crippen molar-refractivity contribution in [3.8, 4) is 0 Å². The van der Waals surface area contributed by atoms with Crippen LogP contribution in [-0.2, 0) is 9.47 Å². The smallest absolute Gasteiger partial charge is 0.340 e. The molecule has 1 rings (SSSR count). The van der Waals surface area contributed by atoms with Crippen LogP contribution in [0, 0.1) is 0 Å². The normalized spacial score (nSPS) is 11.9. The average Bonchev–Trinajstić information content (AvgIpc) is 2.37. The maximum atomic E-state index is 11.6. The molecule has 1 aromatic carbocycles. The summed E-state index contributed by atoms with van der Waals surface area (Å²) in [5.74, 6) is -0.409. The van der Waals surface area contributed by atoms with E-state index >= 15 is 0 Å².